The molecule has 0 aromatic heterocycles. The summed E-state index contributed by atoms with van der Waals surface area (Å²) in [6.45, 7) is 3.02. The van der Waals surface area contributed by atoms with Gasteiger partial charge in [-0.2, -0.15) is 10.1 Å². The molecule has 0 unspecified atom stereocenters. The average Bonchev–Trinajstić information content (AvgIpc) is 3.11. The van der Waals surface area contributed by atoms with Crippen LogP contribution in [-0.2, 0) is 17.6 Å². The number of hydrazone groups is 1. The lowest BCUT2D eigenvalue weighted by atomic mass is 9.64. The number of halogens is 1. The van der Waals surface area contributed by atoms with Crippen LogP contribution in [0.15, 0.2) is 88.4 Å². The third-order valence-electron chi connectivity index (χ3n) is 7.94. The Balaban J connectivity index is 1.41. The fourth-order valence-corrected chi connectivity index (χ4v) is 6.69. The minimum absolute atomic E-state index is 0.105. The first-order valence-electron chi connectivity index (χ1n) is 12.1. The number of anilines is 2. The standard InChI is InChI=1S/C29H28BrN3O/c1-20-29(28(34)33(31-20)25-10-6-3-7-11-25)19-23-18-24(30)12-13-26(23)32-15-14-22(17-27(29)32)16-21-8-4-2-5-9-21/h2-13,18,22,27H,14-17,19H2,1H3/t22-,27-,29-/m1/s1. The second-order valence-corrected chi connectivity index (χ2v) is 10.8. The van der Waals surface area contributed by atoms with Crippen molar-refractivity contribution in [3.05, 3.63) is 94.5 Å². The van der Waals surface area contributed by atoms with Gasteiger partial charge in [0.25, 0.3) is 5.91 Å². The van der Waals surface area contributed by atoms with E-state index in [1.54, 1.807) is 5.01 Å². The topological polar surface area (TPSA) is 35.9 Å². The van der Waals surface area contributed by atoms with Crippen molar-refractivity contribution in [3.8, 4) is 0 Å². The summed E-state index contributed by atoms with van der Waals surface area (Å²) in [7, 11) is 0. The molecule has 3 aromatic carbocycles. The van der Waals surface area contributed by atoms with Gasteiger partial charge in [-0.05, 0) is 80.0 Å². The highest BCUT2D eigenvalue weighted by molar-refractivity contribution is 9.10. The van der Waals surface area contributed by atoms with E-state index in [9.17, 15) is 4.79 Å². The molecule has 0 radical (unpaired) electrons. The molecule has 1 spiro atoms. The van der Waals surface area contributed by atoms with Gasteiger partial charge in [-0.3, -0.25) is 4.79 Å². The van der Waals surface area contributed by atoms with E-state index >= 15 is 0 Å². The molecular formula is C29H28BrN3O. The van der Waals surface area contributed by atoms with Crippen LogP contribution in [0.3, 0.4) is 0 Å². The molecule has 3 atom stereocenters. The Morgan fingerprint density at radius 2 is 1.76 bits per heavy atom. The molecule has 5 heteroatoms. The minimum Gasteiger partial charge on any atom is -0.367 e. The number of hydrogen-bond acceptors (Lipinski definition) is 3. The molecule has 3 aliphatic heterocycles. The van der Waals surface area contributed by atoms with Crippen molar-refractivity contribution in [2.45, 2.75) is 38.6 Å². The fourth-order valence-electron chi connectivity index (χ4n) is 6.28. The van der Waals surface area contributed by atoms with Crippen LogP contribution in [0.4, 0.5) is 11.4 Å². The van der Waals surface area contributed by atoms with Gasteiger partial charge in [0.05, 0.1) is 11.4 Å². The number of piperidine rings is 1. The zero-order valence-electron chi connectivity index (χ0n) is 19.3. The summed E-state index contributed by atoms with van der Waals surface area (Å²) in [4.78, 5) is 16.8. The predicted octanol–water partition coefficient (Wildman–Crippen LogP) is 6.24. The van der Waals surface area contributed by atoms with Gasteiger partial charge in [-0.1, -0.05) is 64.5 Å². The number of hydrogen-bond donors (Lipinski definition) is 0. The van der Waals surface area contributed by atoms with Crippen molar-refractivity contribution >= 4 is 38.9 Å². The molecule has 4 nitrogen and oxygen atoms in total. The second-order valence-electron chi connectivity index (χ2n) is 9.85. The van der Waals surface area contributed by atoms with Gasteiger partial charge in [0.1, 0.15) is 5.41 Å². The molecule has 34 heavy (non-hydrogen) atoms. The molecule has 6 rings (SSSR count). The Hall–Kier alpha value is -2.92. The minimum atomic E-state index is -0.640. The van der Waals surface area contributed by atoms with Gasteiger partial charge < -0.3 is 4.90 Å². The Labute approximate surface area is 209 Å². The normalized spacial score (nSPS) is 25.8. The molecule has 1 amide bonds. The van der Waals surface area contributed by atoms with Gasteiger partial charge >= 0.3 is 0 Å². The van der Waals surface area contributed by atoms with Crippen molar-refractivity contribution in [1.82, 2.24) is 0 Å². The zero-order valence-corrected chi connectivity index (χ0v) is 20.9. The smallest absolute Gasteiger partial charge is 0.261 e. The van der Waals surface area contributed by atoms with Crippen LogP contribution in [0.25, 0.3) is 0 Å². The van der Waals surface area contributed by atoms with Gasteiger partial charge in [-0.15, -0.1) is 0 Å². The Morgan fingerprint density at radius 1 is 1.03 bits per heavy atom. The van der Waals surface area contributed by atoms with Crippen molar-refractivity contribution < 1.29 is 4.79 Å². The molecule has 3 heterocycles. The Kier molecular flexibility index (Phi) is 5.33. The largest absolute Gasteiger partial charge is 0.367 e. The van der Waals surface area contributed by atoms with Gasteiger partial charge in [0.15, 0.2) is 0 Å². The molecule has 1 saturated heterocycles. The summed E-state index contributed by atoms with van der Waals surface area (Å²) in [5, 5.41) is 6.52. The highest BCUT2D eigenvalue weighted by atomic mass is 79.9. The van der Waals surface area contributed by atoms with E-state index in [1.807, 2.05) is 30.3 Å². The first-order chi connectivity index (χ1) is 16.6. The van der Waals surface area contributed by atoms with Crippen molar-refractivity contribution in [3.63, 3.8) is 0 Å². The van der Waals surface area contributed by atoms with Crippen molar-refractivity contribution in [2.24, 2.45) is 16.4 Å². The summed E-state index contributed by atoms with van der Waals surface area (Å²) in [5.74, 6) is 0.654. The fraction of sp³-hybridized carbons (Fsp3) is 0.310. The quantitative estimate of drug-likeness (QED) is 0.415. The number of amides is 1. The van der Waals surface area contributed by atoms with Crippen LogP contribution in [0.5, 0.6) is 0 Å². The van der Waals surface area contributed by atoms with Crippen molar-refractivity contribution in [2.75, 3.05) is 16.5 Å². The van der Waals surface area contributed by atoms with Crippen LogP contribution in [0, 0.1) is 11.3 Å². The number of carbonyl (C=O) groups excluding carboxylic acids is 1. The van der Waals surface area contributed by atoms with E-state index in [-0.39, 0.29) is 11.9 Å². The number of fused-ring (bicyclic) bond motifs is 4. The van der Waals surface area contributed by atoms with Crippen molar-refractivity contribution in [1.29, 1.82) is 0 Å². The number of nitrogens with zero attached hydrogens (tertiary/aromatic N) is 3. The van der Waals surface area contributed by atoms with E-state index in [1.165, 1.54) is 16.8 Å². The summed E-state index contributed by atoms with van der Waals surface area (Å²) in [6, 6.07) is 27.2. The van der Waals surface area contributed by atoms with Crippen LogP contribution in [0.2, 0.25) is 0 Å². The number of benzene rings is 3. The molecule has 172 valence electrons. The second kappa shape index (κ2) is 8.38. The molecule has 0 saturated carbocycles. The summed E-state index contributed by atoms with van der Waals surface area (Å²) in [5.41, 5.74) is 5.01. The summed E-state index contributed by atoms with van der Waals surface area (Å²) < 4.78 is 1.05. The van der Waals surface area contributed by atoms with E-state index in [2.05, 4.69) is 76.3 Å². The van der Waals surface area contributed by atoms with E-state index < -0.39 is 5.41 Å². The molecule has 3 aliphatic rings. The number of para-hydroxylation sites is 1. The maximum atomic E-state index is 14.3. The molecule has 1 fully saturated rings. The average molecular weight is 514 g/mol. The molecule has 0 N–H and O–H groups in total. The maximum absolute atomic E-state index is 14.3. The molecule has 3 aromatic rings. The Morgan fingerprint density at radius 3 is 2.53 bits per heavy atom. The first-order valence-corrected chi connectivity index (χ1v) is 12.9. The lowest BCUT2D eigenvalue weighted by Crippen LogP contribution is -2.62. The van der Waals surface area contributed by atoms with Crippen LogP contribution < -0.4 is 9.91 Å². The van der Waals surface area contributed by atoms with E-state index in [4.69, 9.17) is 5.10 Å². The zero-order chi connectivity index (χ0) is 23.3. The van der Waals surface area contributed by atoms with Crippen LogP contribution in [0.1, 0.15) is 30.9 Å². The molecule has 0 aliphatic carbocycles. The van der Waals surface area contributed by atoms with Gasteiger partial charge in [0.2, 0.25) is 0 Å². The van der Waals surface area contributed by atoms with E-state index in [0.29, 0.717) is 12.3 Å². The van der Waals surface area contributed by atoms with Gasteiger partial charge in [-0.25, -0.2) is 0 Å². The predicted molar refractivity (Wildman–Crippen MR) is 141 cm³/mol. The van der Waals surface area contributed by atoms with Crippen LogP contribution in [-0.4, -0.2) is 24.2 Å². The lowest BCUT2D eigenvalue weighted by Gasteiger charge is -2.52. The highest BCUT2D eigenvalue weighted by Gasteiger charge is 2.59. The monoisotopic (exact) mass is 513 g/mol. The molecule has 0 bridgehead atoms. The molecular weight excluding hydrogens is 486 g/mol. The summed E-state index contributed by atoms with van der Waals surface area (Å²) in [6.07, 6.45) is 3.87. The van der Waals surface area contributed by atoms with E-state index in [0.717, 1.165) is 41.7 Å². The third-order valence-corrected chi connectivity index (χ3v) is 8.43. The first kappa shape index (κ1) is 21.6. The number of rotatable bonds is 3. The SMILES string of the molecule is CC1=NN(c2ccccc2)C(=O)[C@]12Cc1cc(Br)ccc1N1CC[C@H](Cc3ccccc3)C[C@@H]12. The summed E-state index contributed by atoms with van der Waals surface area (Å²) >= 11 is 3.66. The van der Waals surface area contributed by atoms with Gasteiger partial charge in [0, 0.05) is 22.7 Å². The van der Waals surface area contributed by atoms with Crippen LogP contribution >= 0.6 is 15.9 Å². The number of carbonyl (C=O) groups is 1. The highest BCUT2D eigenvalue weighted by Crippen LogP contribution is 2.51. The third kappa shape index (κ3) is 3.40. The lowest BCUT2D eigenvalue weighted by molar-refractivity contribution is -0.125. The maximum Gasteiger partial charge on any atom is 0.261 e. The Bertz CT molecular complexity index is 1260.